The Kier molecular flexibility index (Phi) is 4.02. The molecule has 0 aliphatic heterocycles. The highest BCUT2D eigenvalue weighted by Gasteiger charge is 2.15. The van der Waals surface area contributed by atoms with Gasteiger partial charge in [0, 0.05) is 28.7 Å². The molecule has 30 heavy (non-hydrogen) atoms. The molecule has 0 aliphatic carbocycles. The van der Waals surface area contributed by atoms with Crippen LogP contribution >= 0.6 is 0 Å². The van der Waals surface area contributed by atoms with Gasteiger partial charge in [-0.25, -0.2) is 9.97 Å². The van der Waals surface area contributed by atoms with E-state index in [0.717, 1.165) is 33.2 Å². The summed E-state index contributed by atoms with van der Waals surface area (Å²) in [5.41, 5.74) is 6.29. The Morgan fingerprint density at radius 1 is 0.767 bits per heavy atom. The van der Waals surface area contributed by atoms with Crippen LogP contribution in [0.4, 0.5) is 0 Å². The Hall–Kier alpha value is -4.48. The van der Waals surface area contributed by atoms with Crippen LogP contribution in [0.15, 0.2) is 73.1 Å². The monoisotopic (exact) mass is 385 g/mol. The van der Waals surface area contributed by atoms with Crippen molar-refractivity contribution in [2.24, 2.45) is 0 Å². The Morgan fingerprint density at radius 3 is 2.30 bits per heavy atom. The third-order valence-electron chi connectivity index (χ3n) is 5.27. The number of para-hydroxylation sites is 1. The third-order valence-corrected chi connectivity index (χ3v) is 5.27. The van der Waals surface area contributed by atoms with Gasteiger partial charge in [0.2, 0.25) is 5.82 Å². The summed E-state index contributed by atoms with van der Waals surface area (Å²) < 4.78 is 2.14. The Bertz CT molecular complexity index is 1510. The van der Waals surface area contributed by atoms with Gasteiger partial charge in [-0.2, -0.15) is 10.5 Å². The molecule has 0 unspecified atom stereocenters. The van der Waals surface area contributed by atoms with Gasteiger partial charge < -0.3 is 4.57 Å². The molecule has 0 bridgehead atoms. The minimum atomic E-state index is 0.122. The number of benzene rings is 3. The zero-order valence-corrected chi connectivity index (χ0v) is 16.2. The van der Waals surface area contributed by atoms with Crippen molar-refractivity contribution in [1.29, 1.82) is 10.5 Å². The van der Waals surface area contributed by atoms with E-state index >= 15 is 0 Å². The first-order valence-corrected chi connectivity index (χ1v) is 9.46. The van der Waals surface area contributed by atoms with Gasteiger partial charge in [0.15, 0.2) is 0 Å². The van der Waals surface area contributed by atoms with E-state index in [1.807, 2.05) is 36.4 Å². The van der Waals surface area contributed by atoms with Gasteiger partial charge in [-0.15, -0.1) is 0 Å². The Balaban J connectivity index is 1.75. The second-order valence-corrected chi connectivity index (χ2v) is 7.12. The number of rotatable bonds is 2. The fourth-order valence-corrected chi connectivity index (χ4v) is 3.88. The average molecular weight is 385 g/mol. The van der Waals surface area contributed by atoms with Crippen LogP contribution in [0.2, 0.25) is 0 Å². The lowest BCUT2D eigenvalue weighted by atomic mass is 10.0. The van der Waals surface area contributed by atoms with Crippen LogP contribution in [-0.4, -0.2) is 14.5 Å². The fourth-order valence-electron chi connectivity index (χ4n) is 3.88. The van der Waals surface area contributed by atoms with Crippen LogP contribution < -0.4 is 0 Å². The highest BCUT2D eigenvalue weighted by Crippen LogP contribution is 2.34. The van der Waals surface area contributed by atoms with E-state index in [-0.39, 0.29) is 5.82 Å². The van der Waals surface area contributed by atoms with E-state index in [9.17, 15) is 5.26 Å². The number of hydrogen-bond acceptors (Lipinski definition) is 4. The molecule has 5 rings (SSSR count). The van der Waals surface area contributed by atoms with Crippen molar-refractivity contribution in [2.45, 2.75) is 6.92 Å². The number of aromatic nitrogens is 3. The quantitative estimate of drug-likeness (QED) is 0.413. The highest BCUT2D eigenvalue weighted by atomic mass is 15.0. The predicted molar refractivity (Wildman–Crippen MR) is 116 cm³/mol. The van der Waals surface area contributed by atoms with Crippen molar-refractivity contribution >= 4 is 21.8 Å². The molecule has 5 nitrogen and oxygen atoms in total. The topological polar surface area (TPSA) is 78.3 Å². The van der Waals surface area contributed by atoms with Crippen molar-refractivity contribution in [3.63, 3.8) is 0 Å². The van der Waals surface area contributed by atoms with Crippen LogP contribution in [0.3, 0.4) is 0 Å². The van der Waals surface area contributed by atoms with E-state index in [0.29, 0.717) is 5.56 Å². The lowest BCUT2D eigenvalue weighted by Crippen LogP contribution is -1.98. The molecule has 0 saturated carbocycles. The molecule has 2 heterocycles. The summed E-state index contributed by atoms with van der Waals surface area (Å²) in [6, 6.07) is 24.6. The molecule has 0 spiro atoms. The molecule has 0 fully saturated rings. The zero-order valence-electron chi connectivity index (χ0n) is 16.2. The van der Waals surface area contributed by atoms with E-state index in [2.05, 4.69) is 57.9 Å². The van der Waals surface area contributed by atoms with E-state index in [1.54, 1.807) is 12.4 Å². The van der Waals surface area contributed by atoms with Gasteiger partial charge in [-0.05, 0) is 42.8 Å². The van der Waals surface area contributed by atoms with E-state index in [4.69, 9.17) is 5.26 Å². The summed E-state index contributed by atoms with van der Waals surface area (Å²) in [5.74, 6) is 0.122. The first-order valence-electron chi connectivity index (χ1n) is 9.46. The minimum absolute atomic E-state index is 0.122. The number of aryl methyl sites for hydroxylation is 1. The molecule has 2 aromatic heterocycles. The van der Waals surface area contributed by atoms with Gasteiger partial charge in [-0.3, -0.25) is 0 Å². The van der Waals surface area contributed by atoms with Crippen LogP contribution in [0.5, 0.6) is 0 Å². The van der Waals surface area contributed by atoms with E-state index in [1.165, 1.54) is 10.9 Å². The van der Waals surface area contributed by atoms with Crippen LogP contribution in [0.1, 0.15) is 17.0 Å². The van der Waals surface area contributed by atoms with Crippen molar-refractivity contribution in [2.75, 3.05) is 0 Å². The number of hydrogen-bond donors (Lipinski definition) is 0. The van der Waals surface area contributed by atoms with Crippen LogP contribution in [0, 0.1) is 29.6 Å². The van der Waals surface area contributed by atoms with E-state index < -0.39 is 0 Å². The molecule has 0 aliphatic rings. The van der Waals surface area contributed by atoms with Crippen molar-refractivity contribution in [1.82, 2.24) is 14.5 Å². The second-order valence-electron chi connectivity index (χ2n) is 7.12. The molecule has 0 amide bonds. The highest BCUT2D eigenvalue weighted by molar-refractivity contribution is 6.09. The second kappa shape index (κ2) is 6.84. The maximum Gasteiger partial charge on any atom is 0.232 e. The lowest BCUT2D eigenvalue weighted by Gasteiger charge is -2.11. The summed E-state index contributed by atoms with van der Waals surface area (Å²) in [5, 5.41) is 21.1. The largest absolute Gasteiger partial charge is 0.308 e. The molecule has 5 aromatic rings. The van der Waals surface area contributed by atoms with Gasteiger partial charge in [0.1, 0.15) is 12.1 Å². The molecule has 140 valence electrons. The number of fused-ring (bicyclic) bond motifs is 3. The summed E-state index contributed by atoms with van der Waals surface area (Å²) >= 11 is 0. The van der Waals surface area contributed by atoms with Gasteiger partial charge in [0.05, 0.1) is 22.3 Å². The standard InChI is InChI=1S/C25H15N5/c1-16-6-8-24-21(10-16)20-4-2-3-5-23(20)30(24)22-9-7-17(11-18(22)12-26)19-14-28-25(13-27)29-15-19/h2-11,14-15H,1H3. The number of nitrogens with zero attached hydrogens (tertiary/aromatic N) is 5. The first-order chi connectivity index (χ1) is 14.7. The average Bonchev–Trinajstić information content (AvgIpc) is 3.12. The molecule has 3 aromatic carbocycles. The van der Waals surface area contributed by atoms with Crippen LogP contribution in [0.25, 0.3) is 38.6 Å². The fraction of sp³-hybridized carbons (Fsp3) is 0.0400. The normalized spacial score (nSPS) is 10.8. The third kappa shape index (κ3) is 2.70. The maximum absolute atomic E-state index is 9.92. The summed E-state index contributed by atoms with van der Waals surface area (Å²) in [6.07, 6.45) is 3.20. The Labute approximate surface area is 173 Å². The Morgan fingerprint density at radius 2 is 1.53 bits per heavy atom. The summed E-state index contributed by atoms with van der Waals surface area (Å²) in [7, 11) is 0. The number of nitriles is 2. The molecular formula is C25H15N5. The molecule has 0 radical (unpaired) electrons. The molecular weight excluding hydrogens is 370 g/mol. The molecule has 0 N–H and O–H groups in total. The summed E-state index contributed by atoms with van der Waals surface area (Å²) in [6.45, 7) is 2.08. The van der Waals surface area contributed by atoms with Crippen molar-refractivity contribution < 1.29 is 0 Å². The van der Waals surface area contributed by atoms with Gasteiger partial charge in [-0.1, -0.05) is 35.9 Å². The summed E-state index contributed by atoms with van der Waals surface area (Å²) in [4.78, 5) is 8.06. The molecule has 0 saturated heterocycles. The van der Waals surface area contributed by atoms with Crippen molar-refractivity contribution in [3.8, 4) is 29.0 Å². The predicted octanol–water partition coefficient (Wildman–Crippen LogP) is 5.29. The van der Waals surface area contributed by atoms with Crippen LogP contribution in [-0.2, 0) is 0 Å². The first kappa shape index (κ1) is 17.6. The SMILES string of the molecule is Cc1ccc2c(c1)c1ccccc1n2-c1ccc(-c2cnc(C#N)nc2)cc1C#N. The molecule has 0 atom stereocenters. The van der Waals surface area contributed by atoms with Crippen molar-refractivity contribution in [3.05, 3.63) is 90.0 Å². The maximum atomic E-state index is 9.92. The molecule has 5 heteroatoms. The lowest BCUT2D eigenvalue weighted by molar-refractivity contribution is 1.11. The minimum Gasteiger partial charge on any atom is -0.308 e. The smallest absolute Gasteiger partial charge is 0.232 e. The zero-order chi connectivity index (χ0) is 20.7. The van der Waals surface area contributed by atoms with Gasteiger partial charge in [0.25, 0.3) is 0 Å². The van der Waals surface area contributed by atoms with Gasteiger partial charge >= 0.3 is 0 Å².